The lowest BCUT2D eigenvalue weighted by Crippen LogP contribution is -2.42. The van der Waals surface area contributed by atoms with E-state index < -0.39 is 0 Å². The number of hydrogen-bond acceptors (Lipinski definition) is 3. The number of halogens is 1. The highest BCUT2D eigenvalue weighted by Gasteiger charge is 2.17. The molecule has 0 radical (unpaired) electrons. The summed E-state index contributed by atoms with van der Waals surface area (Å²) in [7, 11) is 0. The second-order valence-electron chi connectivity index (χ2n) is 6.84. The SMILES string of the molecule is Cl.O=C(NC1CCNCC1)c1ccc(OCC2CCCCC2)cc1. The standard InChI is InChI=1S/C19H28N2O2.ClH/c22-19(21-17-10-12-20-13-11-17)16-6-8-18(9-7-16)23-14-15-4-2-1-3-5-15;/h6-9,15,17,20H,1-5,10-14H2,(H,21,22);1H. The van der Waals surface area contributed by atoms with Gasteiger partial charge in [0.2, 0.25) is 0 Å². The molecule has 2 aliphatic rings. The molecule has 0 spiro atoms. The van der Waals surface area contributed by atoms with Gasteiger partial charge in [0.25, 0.3) is 5.91 Å². The number of hydrogen-bond donors (Lipinski definition) is 2. The summed E-state index contributed by atoms with van der Waals surface area (Å²) in [5.74, 6) is 1.59. The van der Waals surface area contributed by atoms with Crippen LogP contribution in [0.2, 0.25) is 0 Å². The molecule has 1 amide bonds. The van der Waals surface area contributed by atoms with E-state index in [1.807, 2.05) is 24.3 Å². The number of piperidine rings is 1. The summed E-state index contributed by atoms with van der Waals surface area (Å²) < 4.78 is 5.89. The normalized spacial score (nSPS) is 19.3. The molecule has 1 aromatic carbocycles. The zero-order valence-corrected chi connectivity index (χ0v) is 15.1. The number of nitrogens with one attached hydrogen (secondary N) is 2. The molecule has 1 heterocycles. The van der Waals surface area contributed by atoms with E-state index in [1.54, 1.807) is 0 Å². The maximum absolute atomic E-state index is 12.3. The van der Waals surface area contributed by atoms with Crippen LogP contribution in [-0.2, 0) is 0 Å². The van der Waals surface area contributed by atoms with Gasteiger partial charge in [-0.1, -0.05) is 19.3 Å². The second-order valence-corrected chi connectivity index (χ2v) is 6.84. The smallest absolute Gasteiger partial charge is 0.251 e. The fourth-order valence-corrected chi connectivity index (χ4v) is 3.51. The Morgan fingerprint density at radius 3 is 2.38 bits per heavy atom. The lowest BCUT2D eigenvalue weighted by Gasteiger charge is -2.23. The van der Waals surface area contributed by atoms with Gasteiger partial charge < -0.3 is 15.4 Å². The monoisotopic (exact) mass is 352 g/mol. The van der Waals surface area contributed by atoms with Crippen LogP contribution in [0.3, 0.4) is 0 Å². The van der Waals surface area contributed by atoms with E-state index in [-0.39, 0.29) is 18.3 Å². The van der Waals surface area contributed by atoms with Gasteiger partial charge in [0.15, 0.2) is 0 Å². The van der Waals surface area contributed by atoms with Crippen molar-refractivity contribution in [2.75, 3.05) is 19.7 Å². The zero-order chi connectivity index (χ0) is 15.9. The molecule has 0 atom stereocenters. The Hall–Kier alpha value is -1.26. The number of benzene rings is 1. The minimum absolute atomic E-state index is 0. The Labute approximate surface area is 151 Å². The Kier molecular flexibility index (Phi) is 7.86. The summed E-state index contributed by atoms with van der Waals surface area (Å²) in [6.07, 6.45) is 8.64. The Morgan fingerprint density at radius 2 is 1.71 bits per heavy atom. The molecule has 5 heteroatoms. The van der Waals surface area contributed by atoms with Crippen LogP contribution in [0.4, 0.5) is 0 Å². The van der Waals surface area contributed by atoms with Gasteiger partial charge in [0.05, 0.1) is 6.61 Å². The number of ether oxygens (including phenoxy) is 1. The molecule has 4 nitrogen and oxygen atoms in total. The number of rotatable bonds is 5. The average Bonchev–Trinajstić information content (AvgIpc) is 2.62. The van der Waals surface area contributed by atoms with Gasteiger partial charge in [-0.2, -0.15) is 0 Å². The topological polar surface area (TPSA) is 50.4 Å². The summed E-state index contributed by atoms with van der Waals surface area (Å²) in [5, 5.41) is 6.43. The van der Waals surface area contributed by atoms with Gasteiger partial charge in [-0.05, 0) is 69.0 Å². The van der Waals surface area contributed by atoms with Crippen LogP contribution in [0.25, 0.3) is 0 Å². The van der Waals surface area contributed by atoms with Gasteiger partial charge >= 0.3 is 0 Å². The summed E-state index contributed by atoms with van der Waals surface area (Å²) in [4.78, 5) is 12.3. The minimum Gasteiger partial charge on any atom is -0.493 e. The molecule has 0 aromatic heterocycles. The molecule has 1 aliphatic heterocycles. The average molecular weight is 353 g/mol. The maximum atomic E-state index is 12.3. The third kappa shape index (κ3) is 5.67. The molecule has 0 bridgehead atoms. The molecule has 2 fully saturated rings. The van der Waals surface area contributed by atoms with Crippen molar-refractivity contribution in [1.82, 2.24) is 10.6 Å². The fraction of sp³-hybridized carbons (Fsp3) is 0.632. The van der Waals surface area contributed by atoms with Gasteiger partial charge in [-0.15, -0.1) is 12.4 Å². The number of amides is 1. The maximum Gasteiger partial charge on any atom is 0.251 e. The molecule has 3 rings (SSSR count). The Balaban J connectivity index is 0.00000208. The molecule has 1 saturated heterocycles. The number of carbonyl (C=O) groups excluding carboxylic acids is 1. The van der Waals surface area contributed by atoms with Crippen molar-refractivity contribution < 1.29 is 9.53 Å². The molecule has 24 heavy (non-hydrogen) atoms. The van der Waals surface area contributed by atoms with Crippen LogP contribution < -0.4 is 15.4 Å². The lowest BCUT2D eigenvalue weighted by molar-refractivity contribution is 0.0929. The van der Waals surface area contributed by atoms with Crippen LogP contribution in [-0.4, -0.2) is 31.6 Å². The van der Waals surface area contributed by atoms with Crippen molar-refractivity contribution in [2.24, 2.45) is 5.92 Å². The van der Waals surface area contributed by atoms with Gasteiger partial charge in [-0.25, -0.2) is 0 Å². The first-order chi connectivity index (χ1) is 11.3. The van der Waals surface area contributed by atoms with E-state index in [9.17, 15) is 4.79 Å². The predicted molar refractivity (Wildman–Crippen MR) is 99.1 cm³/mol. The molecular weight excluding hydrogens is 324 g/mol. The van der Waals surface area contributed by atoms with E-state index in [1.165, 1.54) is 32.1 Å². The molecule has 1 aromatic rings. The summed E-state index contributed by atoms with van der Waals surface area (Å²) in [6, 6.07) is 7.87. The van der Waals surface area contributed by atoms with Crippen molar-refractivity contribution in [1.29, 1.82) is 0 Å². The molecule has 1 aliphatic carbocycles. The molecule has 1 saturated carbocycles. The van der Waals surface area contributed by atoms with Crippen molar-refractivity contribution in [3.8, 4) is 5.75 Å². The first-order valence-electron chi connectivity index (χ1n) is 9.06. The number of carbonyl (C=O) groups is 1. The molecule has 0 unspecified atom stereocenters. The van der Waals surface area contributed by atoms with Crippen molar-refractivity contribution in [3.05, 3.63) is 29.8 Å². The Morgan fingerprint density at radius 1 is 1.04 bits per heavy atom. The summed E-state index contributed by atoms with van der Waals surface area (Å²) >= 11 is 0. The van der Waals surface area contributed by atoms with Gasteiger partial charge in [-0.3, -0.25) is 4.79 Å². The van der Waals surface area contributed by atoms with Crippen molar-refractivity contribution >= 4 is 18.3 Å². The summed E-state index contributed by atoms with van der Waals surface area (Å²) in [6.45, 7) is 2.78. The van der Waals surface area contributed by atoms with Crippen LogP contribution in [0.5, 0.6) is 5.75 Å². The molecular formula is C19H29ClN2O2. The quantitative estimate of drug-likeness (QED) is 0.852. The third-order valence-electron chi connectivity index (χ3n) is 5.00. The minimum atomic E-state index is 0. The third-order valence-corrected chi connectivity index (χ3v) is 5.00. The zero-order valence-electron chi connectivity index (χ0n) is 14.3. The fourth-order valence-electron chi connectivity index (χ4n) is 3.51. The van der Waals surface area contributed by atoms with Crippen LogP contribution >= 0.6 is 12.4 Å². The molecule has 2 N–H and O–H groups in total. The van der Waals surface area contributed by atoms with E-state index in [2.05, 4.69) is 10.6 Å². The highest BCUT2D eigenvalue weighted by atomic mass is 35.5. The second kappa shape index (κ2) is 9.90. The van der Waals surface area contributed by atoms with E-state index >= 15 is 0 Å². The van der Waals surface area contributed by atoms with Gasteiger partial charge in [0, 0.05) is 11.6 Å². The highest BCUT2D eigenvalue weighted by molar-refractivity contribution is 5.94. The highest BCUT2D eigenvalue weighted by Crippen LogP contribution is 2.24. The van der Waals surface area contributed by atoms with Crippen molar-refractivity contribution in [3.63, 3.8) is 0 Å². The predicted octanol–water partition coefficient (Wildman–Crippen LogP) is 3.55. The van der Waals surface area contributed by atoms with E-state index in [4.69, 9.17) is 4.74 Å². The van der Waals surface area contributed by atoms with E-state index in [0.717, 1.165) is 38.3 Å². The molecule has 134 valence electrons. The van der Waals surface area contributed by atoms with Gasteiger partial charge in [0.1, 0.15) is 5.75 Å². The lowest BCUT2D eigenvalue weighted by atomic mass is 9.90. The van der Waals surface area contributed by atoms with Crippen LogP contribution in [0, 0.1) is 5.92 Å². The first-order valence-corrected chi connectivity index (χ1v) is 9.06. The summed E-state index contributed by atoms with van der Waals surface area (Å²) in [5.41, 5.74) is 0.716. The van der Waals surface area contributed by atoms with Crippen LogP contribution in [0.15, 0.2) is 24.3 Å². The first kappa shape index (κ1) is 19.1. The van der Waals surface area contributed by atoms with Crippen LogP contribution in [0.1, 0.15) is 55.3 Å². The Bertz CT molecular complexity index is 495. The van der Waals surface area contributed by atoms with E-state index in [0.29, 0.717) is 17.5 Å². The largest absolute Gasteiger partial charge is 0.493 e. The van der Waals surface area contributed by atoms with Crippen molar-refractivity contribution in [2.45, 2.75) is 51.0 Å².